The third-order valence-electron chi connectivity index (χ3n) is 4.60. The Morgan fingerprint density at radius 2 is 1.79 bits per heavy atom. The molecule has 2 rings (SSSR count). The van der Waals surface area contributed by atoms with Gasteiger partial charge in [0.05, 0.1) is 18.4 Å². The zero-order valence-corrected chi connectivity index (χ0v) is 17.6. The predicted octanol–water partition coefficient (Wildman–Crippen LogP) is 3.72. The highest BCUT2D eigenvalue weighted by Gasteiger charge is 2.28. The van der Waals surface area contributed by atoms with Gasteiger partial charge in [0, 0.05) is 5.92 Å². The third kappa shape index (κ3) is 7.72. The van der Waals surface area contributed by atoms with Crippen LogP contribution in [0.2, 0.25) is 0 Å². The molecule has 29 heavy (non-hydrogen) atoms. The Balaban J connectivity index is 2.17. The van der Waals surface area contributed by atoms with Crippen molar-refractivity contribution in [3.63, 3.8) is 0 Å². The fraction of sp³-hybridized carbons (Fsp3) is 0.522. The Labute approximate surface area is 172 Å². The fourth-order valence-corrected chi connectivity index (χ4v) is 3.02. The van der Waals surface area contributed by atoms with Crippen molar-refractivity contribution in [3.8, 4) is 0 Å². The number of hydrogen-bond donors (Lipinski definition) is 1. The monoisotopic (exact) mass is 401 g/mol. The lowest BCUT2D eigenvalue weighted by Crippen LogP contribution is -2.36. The summed E-state index contributed by atoms with van der Waals surface area (Å²) in [6.07, 6.45) is 4.58. The second kappa shape index (κ2) is 10.2. The van der Waals surface area contributed by atoms with E-state index in [0.717, 1.165) is 5.56 Å². The van der Waals surface area contributed by atoms with Crippen molar-refractivity contribution in [2.24, 2.45) is 11.8 Å². The molecule has 1 N–H and O–H groups in total. The molecule has 1 heterocycles. The number of hydrogen-bond acceptors (Lipinski definition) is 5. The molecule has 0 saturated heterocycles. The zero-order chi connectivity index (χ0) is 21.4. The first kappa shape index (κ1) is 22.7. The molecular weight excluding hydrogens is 370 g/mol. The first-order valence-corrected chi connectivity index (χ1v) is 10.0. The molecule has 0 spiro atoms. The molecule has 1 aromatic carbocycles. The molecule has 1 aromatic rings. The van der Waals surface area contributed by atoms with Crippen molar-refractivity contribution in [2.75, 3.05) is 6.61 Å². The maximum absolute atomic E-state index is 12.7. The summed E-state index contributed by atoms with van der Waals surface area (Å²) >= 11 is 0. The Kier molecular flexibility index (Phi) is 8.00. The van der Waals surface area contributed by atoms with Crippen LogP contribution in [-0.2, 0) is 23.9 Å². The smallest absolute Gasteiger partial charge is 0.309 e. The highest BCUT2D eigenvalue weighted by molar-refractivity contribution is 5.81. The van der Waals surface area contributed by atoms with E-state index in [-0.39, 0.29) is 24.9 Å². The number of carbonyl (C=O) groups excluding carboxylic acids is 3. The van der Waals surface area contributed by atoms with Gasteiger partial charge in [0.1, 0.15) is 12.2 Å². The average Bonchev–Trinajstić information content (AvgIpc) is 2.65. The molecule has 158 valence electrons. The first-order valence-electron chi connectivity index (χ1n) is 10.0. The van der Waals surface area contributed by atoms with Crippen LogP contribution in [0.4, 0.5) is 0 Å². The van der Waals surface area contributed by atoms with Gasteiger partial charge in [-0.05, 0) is 39.2 Å². The van der Waals surface area contributed by atoms with E-state index in [9.17, 15) is 14.4 Å². The molecule has 6 heteroatoms. The van der Waals surface area contributed by atoms with E-state index in [1.54, 1.807) is 20.8 Å². The Bertz CT molecular complexity index is 735. The van der Waals surface area contributed by atoms with Gasteiger partial charge in [-0.2, -0.15) is 0 Å². The number of esters is 2. The van der Waals surface area contributed by atoms with E-state index < -0.39 is 29.5 Å². The van der Waals surface area contributed by atoms with Crippen LogP contribution in [0.5, 0.6) is 0 Å². The molecule has 1 aliphatic rings. The Morgan fingerprint density at radius 3 is 2.45 bits per heavy atom. The Morgan fingerprint density at radius 1 is 1.14 bits per heavy atom. The number of allylic oxidation sites excluding steroid dienone is 2. The molecule has 6 nitrogen and oxygen atoms in total. The van der Waals surface area contributed by atoms with Crippen LogP contribution in [0.25, 0.3) is 0 Å². The SMILES string of the molecule is C[C@H]1C/C=C/C[C@@H](CC(=O)OC(C)(C)C)C(=O)OC[C@@H](c2ccccc2)NC1=O. The lowest BCUT2D eigenvalue weighted by atomic mass is 9.98. The summed E-state index contributed by atoms with van der Waals surface area (Å²) in [6.45, 7) is 7.24. The highest BCUT2D eigenvalue weighted by atomic mass is 16.6. The van der Waals surface area contributed by atoms with E-state index in [2.05, 4.69) is 5.32 Å². The second-order valence-corrected chi connectivity index (χ2v) is 8.43. The van der Waals surface area contributed by atoms with Crippen molar-refractivity contribution >= 4 is 17.8 Å². The van der Waals surface area contributed by atoms with E-state index in [1.807, 2.05) is 49.4 Å². The van der Waals surface area contributed by atoms with E-state index >= 15 is 0 Å². The number of rotatable bonds is 3. The number of benzene rings is 1. The Hall–Kier alpha value is -2.63. The number of nitrogens with one attached hydrogen (secondary N) is 1. The fourth-order valence-electron chi connectivity index (χ4n) is 3.02. The highest BCUT2D eigenvalue weighted by Crippen LogP contribution is 2.21. The third-order valence-corrected chi connectivity index (χ3v) is 4.60. The quantitative estimate of drug-likeness (QED) is 0.617. The number of cyclic esters (lactones) is 1. The summed E-state index contributed by atoms with van der Waals surface area (Å²) in [5.74, 6) is -1.82. The van der Waals surface area contributed by atoms with Crippen molar-refractivity contribution in [2.45, 2.75) is 58.6 Å². The standard InChI is InChI=1S/C23H31NO5/c1-16-10-8-9-13-18(14-20(25)29-23(2,3)4)22(27)28-15-19(24-21(16)26)17-11-6-5-7-12-17/h5-9,11-12,16,18-19H,10,13-15H2,1-4H3,(H,24,26)/b9-8+/t16-,18-,19-/m0/s1. The molecule has 1 amide bonds. The summed E-state index contributed by atoms with van der Waals surface area (Å²) in [7, 11) is 0. The maximum Gasteiger partial charge on any atom is 0.309 e. The normalized spacial score (nSPS) is 25.0. The van der Waals surface area contributed by atoms with Gasteiger partial charge in [-0.1, -0.05) is 49.4 Å². The zero-order valence-electron chi connectivity index (χ0n) is 17.6. The molecule has 0 bridgehead atoms. The molecule has 0 aromatic heterocycles. The second-order valence-electron chi connectivity index (χ2n) is 8.43. The topological polar surface area (TPSA) is 81.7 Å². The van der Waals surface area contributed by atoms with Gasteiger partial charge in [-0.3, -0.25) is 14.4 Å². The summed E-state index contributed by atoms with van der Waals surface area (Å²) in [5, 5.41) is 2.97. The van der Waals surface area contributed by atoms with Gasteiger partial charge in [-0.15, -0.1) is 0 Å². The summed E-state index contributed by atoms with van der Waals surface area (Å²) in [6, 6.07) is 8.95. The number of carbonyl (C=O) groups is 3. The van der Waals surface area contributed by atoms with Gasteiger partial charge < -0.3 is 14.8 Å². The van der Waals surface area contributed by atoms with Crippen LogP contribution in [0.1, 0.15) is 58.6 Å². The lowest BCUT2D eigenvalue weighted by Gasteiger charge is -2.24. The average molecular weight is 402 g/mol. The maximum atomic E-state index is 12.7. The number of amides is 1. The van der Waals surface area contributed by atoms with Gasteiger partial charge in [-0.25, -0.2) is 0 Å². The summed E-state index contributed by atoms with van der Waals surface area (Å²) in [5.41, 5.74) is 0.248. The summed E-state index contributed by atoms with van der Waals surface area (Å²) < 4.78 is 10.9. The molecule has 0 fully saturated rings. The van der Waals surface area contributed by atoms with Crippen molar-refractivity contribution in [1.29, 1.82) is 0 Å². The minimum absolute atomic E-state index is 0.00976. The minimum Gasteiger partial charge on any atom is -0.463 e. The van der Waals surface area contributed by atoms with Gasteiger partial charge >= 0.3 is 11.9 Å². The summed E-state index contributed by atoms with van der Waals surface area (Å²) in [4.78, 5) is 37.4. The van der Waals surface area contributed by atoms with Crippen molar-refractivity contribution < 1.29 is 23.9 Å². The van der Waals surface area contributed by atoms with Crippen LogP contribution < -0.4 is 5.32 Å². The largest absolute Gasteiger partial charge is 0.463 e. The van der Waals surface area contributed by atoms with Crippen molar-refractivity contribution in [1.82, 2.24) is 5.32 Å². The van der Waals surface area contributed by atoms with Crippen LogP contribution in [0, 0.1) is 11.8 Å². The van der Waals surface area contributed by atoms with Gasteiger partial charge in [0.15, 0.2) is 0 Å². The lowest BCUT2D eigenvalue weighted by molar-refractivity contribution is -0.161. The van der Waals surface area contributed by atoms with Crippen LogP contribution in [-0.4, -0.2) is 30.1 Å². The number of ether oxygens (including phenoxy) is 2. The van der Waals surface area contributed by atoms with E-state index in [0.29, 0.717) is 12.8 Å². The molecule has 3 atom stereocenters. The van der Waals surface area contributed by atoms with E-state index in [4.69, 9.17) is 9.47 Å². The molecule has 0 aliphatic carbocycles. The molecule has 0 unspecified atom stereocenters. The van der Waals surface area contributed by atoms with Crippen LogP contribution in [0.15, 0.2) is 42.5 Å². The van der Waals surface area contributed by atoms with Crippen LogP contribution >= 0.6 is 0 Å². The van der Waals surface area contributed by atoms with Crippen molar-refractivity contribution in [3.05, 3.63) is 48.0 Å². The van der Waals surface area contributed by atoms with Gasteiger partial charge in [0.2, 0.25) is 5.91 Å². The van der Waals surface area contributed by atoms with Crippen LogP contribution in [0.3, 0.4) is 0 Å². The minimum atomic E-state index is -0.622. The molecular formula is C23H31NO5. The molecule has 0 saturated carbocycles. The molecule has 0 radical (unpaired) electrons. The predicted molar refractivity (Wildman–Crippen MR) is 110 cm³/mol. The first-order chi connectivity index (χ1) is 13.7. The van der Waals surface area contributed by atoms with Gasteiger partial charge in [0.25, 0.3) is 0 Å². The van der Waals surface area contributed by atoms with E-state index in [1.165, 1.54) is 0 Å². The molecule has 1 aliphatic heterocycles.